The molecule has 0 amide bonds. The van der Waals surface area contributed by atoms with E-state index < -0.39 is 35.2 Å². The predicted octanol–water partition coefficient (Wildman–Crippen LogP) is 12.9. The van der Waals surface area contributed by atoms with Crippen molar-refractivity contribution in [2.75, 3.05) is 19.8 Å². The first-order chi connectivity index (χ1) is 42.0. The van der Waals surface area contributed by atoms with Gasteiger partial charge >= 0.3 is 18.5 Å². The van der Waals surface area contributed by atoms with Gasteiger partial charge in [0, 0.05) is 112 Å². The Morgan fingerprint density at radius 2 is 0.644 bits per heavy atom. The summed E-state index contributed by atoms with van der Waals surface area (Å²) in [6, 6.07) is 27.3. The molecule has 3 saturated carbocycles. The van der Waals surface area contributed by atoms with E-state index in [0.717, 1.165) is 72.5 Å². The summed E-state index contributed by atoms with van der Waals surface area (Å²) in [4.78, 5) is 0. The van der Waals surface area contributed by atoms with Crippen LogP contribution in [-0.4, -0.2) is 63.6 Å². The van der Waals surface area contributed by atoms with Crippen molar-refractivity contribution < 1.29 is 53.7 Å². The van der Waals surface area contributed by atoms with Crippen molar-refractivity contribution in [3.8, 4) is 17.2 Å². The highest BCUT2D eigenvalue weighted by Crippen LogP contribution is 2.42. The maximum absolute atomic E-state index is 13.9. The predicted molar refractivity (Wildman–Crippen MR) is 302 cm³/mol. The monoisotopic (exact) mass is 1210 g/mol. The van der Waals surface area contributed by atoms with E-state index in [1.54, 1.807) is 18.6 Å². The number of hydrogen-bond acceptors (Lipinski definition) is 12. The largest absolute Gasteiger partial charge is 0.493 e. The molecule has 3 atom stereocenters. The van der Waals surface area contributed by atoms with Gasteiger partial charge in [-0.15, -0.1) is 30.6 Å². The zero-order valence-corrected chi connectivity index (χ0v) is 47.2. The molecular formula is C63H63F9N12O3. The number of alkyl halides is 9. The molecule has 0 bridgehead atoms. The first kappa shape index (κ1) is 58.2. The van der Waals surface area contributed by atoms with Crippen molar-refractivity contribution in [2.24, 2.45) is 17.8 Å². The van der Waals surface area contributed by atoms with Gasteiger partial charge in [-0.2, -0.15) is 39.5 Å². The highest BCUT2D eigenvalue weighted by Gasteiger charge is 2.41. The number of pyridine rings is 3. The number of fused-ring (bicyclic) bond motifs is 6. The Kier molecular flexibility index (Phi) is 16.1. The molecular weight excluding hydrogens is 1140 g/mol. The standard InChI is InChI=1S/3C21H21F3N4O/c3*22-21(23,24)19-14(7-9-28-18(11-13-5-6-13)26-27-20(19)28)12-25-16-8-10-29-17-4-2-1-3-15(16)17/h3*1-4,7,9,13,16,25H,5-6,8,10-12H2. The van der Waals surface area contributed by atoms with E-state index in [4.69, 9.17) is 14.2 Å². The first-order valence-corrected chi connectivity index (χ1v) is 29.6. The summed E-state index contributed by atoms with van der Waals surface area (Å²) in [6.45, 7) is 1.89. The van der Waals surface area contributed by atoms with Gasteiger partial charge in [-0.3, -0.25) is 13.2 Å². The molecule has 456 valence electrons. The third-order valence-electron chi connectivity index (χ3n) is 17.1. The highest BCUT2D eigenvalue weighted by molar-refractivity contribution is 5.56. The fraction of sp³-hybridized carbons (Fsp3) is 0.429. The number of nitrogens with zero attached hydrogens (tertiary/aromatic N) is 9. The fourth-order valence-electron chi connectivity index (χ4n) is 12.0. The van der Waals surface area contributed by atoms with Crippen LogP contribution >= 0.6 is 0 Å². The van der Waals surface area contributed by atoms with Gasteiger partial charge in [0.25, 0.3) is 0 Å². The van der Waals surface area contributed by atoms with Crippen LogP contribution < -0.4 is 30.2 Å². The summed E-state index contributed by atoms with van der Waals surface area (Å²) >= 11 is 0. The summed E-state index contributed by atoms with van der Waals surface area (Å²) in [7, 11) is 0. The van der Waals surface area contributed by atoms with Gasteiger partial charge in [-0.25, -0.2) is 0 Å². The van der Waals surface area contributed by atoms with Crippen molar-refractivity contribution in [3.05, 3.63) is 177 Å². The smallest absolute Gasteiger partial charge is 0.420 e. The van der Waals surface area contributed by atoms with E-state index in [0.29, 0.717) is 93.6 Å². The van der Waals surface area contributed by atoms with Gasteiger partial charge in [0.15, 0.2) is 16.9 Å². The molecule has 24 heteroatoms. The zero-order valence-electron chi connectivity index (χ0n) is 47.2. The summed E-state index contributed by atoms with van der Waals surface area (Å²) in [5, 5.41) is 33.7. The number of aromatic nitrogens is 9. The molecule has 0 radical (unpaired) electrons. The lowest BCUT2D eigenvalue weighted by molar-refractivity contribution is -0.138. The van der Waals surface area contributed by atoms with E-state index in [2.05, 4.69) is 46.5 Å². The van der Waals surface area contributed by atoms with Crippen LogP contribution in [0.25, 0.3) is 16.9 Å². The van der Waals surface area contributed by atoms with Gasteiger partial charge in [0.05, 0.1) is 19.8 Å². The van der Waals surface area contributed by atoms with E-state index in [-0.39, 0.29) is 71.4 Å². The summed E-state index contributed by atoms with van der Waals surface area (Å²) in [5.41, 5.74) is 1.01. The number of halogens is 9. The van der Waals surface area contributed by atoms with Crippen molar-refractivity contribution in [1.82, 2.24) is 59.7 Å². The zero-order chi connectivity index (χ0) is 60.0. The van der Waals surface area contributed by atoms with E-state index in [9.17, 15) is 39.5 Å². The Labute approximate surface area is 494 Å². The lowest BCUT2D eigenvalue weighted by atomic mass is 10.00. The molecule has 3 N–H and O–H groups in total. The Morgan fingerprint density at radius 3 is 0.908 bits per heavy atom. The van der Waals surface area contributed by atoms with Crippen LogP contribution in [0.5, 0.6) is 17.2 Å². The Morgan fingerprint density at radius 1 is 0.368 bits per heavy atom. The third kappa shape index (κ3) is 12.9. The highest BCUT2D eigenvalue weighted by atomic mass is 19.4. The summed E-state index contributed by atoms with van der Waals surface area (Å²) in [5.74, 6) is 5.72. The van der Waals surface area contributed by atoms with Crippen LogP contribution in [0, 0.1) is 17.8 Å². The van der Waals surface area contributed by atoms with E-state index in [1.165, 1.54) is 31.4 Å². The Balaban J connectivity index is 0.000000121. The average molecular weight is 1210 g/mol. The van der Waals surface area contributed by atoms with Crippen LogP contribution in [0.4, 0.5) is 39.5 Å². The molecule has 3 fully saturated rings. The van der Waals surface area contributed by atoms with Crippen LogP contribution in [0.3, 0.4) is 0 Å². The molecule has 3 aromatic carbocycles. The summed E-state index contributed by atoms with van der Waals surface area (Å²) < 4.78 is 147. The molecule has 6 aromatic heterocycles. The molecule has 3 unspecified atom stereocenters. The van der Waals surface area contributed by atoms with Crippen LogP contribution in [0.1, 0.15) is 143 Å². The topological polar surface area (TPSA) is 154 Å². The maximum Gasteiger partial charge on any atom is 0.420 e. The van der Waals surface area contributed by atoms with Crippen LogP contribution in [-0.2, 0) is 57.4 Å². The minimum Gasteiger partial charge on any atom is -0.493 e. The van der Waals surface area contributed by atoms with Gasteiger partial charge in [0.1, 0.15) is 51.4 Å². The lowest BCUT2D eigenvalue weighted by Crippen LogP contribution is -2.28. The van der Waals surface area contributed by atoms with Crippen molar-refractivity contribution >= 4 is 16.9 Å². The second kappa shape index (κ2) is 24.0. The minimum atomic E-state index is -4.50. The summed E-state index contributed by atoms with van der Waals surface area (Å²) in [6.07, 6.45) is 2.27. The number of rotatable bonds is 15. The van der Waals surface area contributed by atoms with Crippen molar-refractivity contribution in [3.63, 3.8) is 0 Å². The lowest BCUT2D eigenvalue weighted by Gasteiger charge is -2.27. The fourth-order valence-corrected chi connectivity index (χ4v) is 12.0. The average Bonchev–Trinajstić information content (AvgIpc) is 2.02. The molecule has 15 nitrogen and oxygen atoms in total. The number of hydrogen-bond donors (Lipinski definition) is 3. The minimum absolute atomic E-state index is 0.0550. The van der Waals surface area contributed by atoms with Gasteiger partial charge in [0.2, 0.25) is 0 Å². The molecule has 3 aliphatic carbocycles. The third-order valence-corrected chi connectivity index (χ3v) is 17.1. The molecule has 9 aromatic rings. The SMILES string of the molecule is FC(F)(F)c1c(CNC2CCOc3ccccc32)ccn2c(CC3CC3)nnc12.FC(F)(F)c1c(CNC2CCOc3ccccc32)ccn2c(CC3CC3)nnc12.FC(F)(F)c1c(CNC2CCOc3ccccc32)ccn2c(CC3CC3)nnc12. The number of para-hydroxylation sites is 3. The molecule has 0 spiro atoms. The molecule has 87 heavy (non-hydrogen) atoms. The van der Waals surface area contributed by atoms with Crippen LogP contribution in [0.15, 0.2) is 110 Å². The van der Waals surface area contributed by atoms with Gasteiger partial charge in [-0.05, 0) is 109 Å². The molecule has 0 saturated heterocycles. The number of benzene rings is 3. The normalized spacial score (nSPS) is 19.2. The molecule has 6 aliphatic rings. The molecule has 15 rings (SSSR count). The van der Waals surface area contributed by atoms with E-state index in [1.807, 2.05) is 72.8 Å². The van der Waals surface area contributed by atoms with Crippen molar-refractivity contribution in [1.29, 1.82) is 0 Å². The van der Waals surface area contributed by atoms with Gasteiger partial charge < -0.3 is 30.2 Å². The Hall–Kier alpha value is -7.83. The van der Waals surface area contributed by atoms with Crippen LogP contribution in [0.2, 0.25) is 0 Å². The van der Waals surface area contributed by atoms with E-state index >= 15 is 0 Å². The molecule has 3 aliphatic heterocycles. The first-order valence-electron chi connectivity index (χ1n) is 29.6. The number of nitrogens with one attached hydrogen (secondary N) is 3. The second-order valence-corrected chi connectivity index (χ2v) is 23.3. The number of ether oxygens (including phenoxy) is 3. The quantitative estimate of drug-likeness (QED) is 0.0837. The maximum atomic E-state index is 13.9. The second-order valence-electron chi connectivity index (χ2n) is 23.3. The van der Waals surface area contributed by atoms with Crippen molar-refractivity contribution in [2.45, 2.75) is 133 Å². The molecule has 9 heterocycles. The Bertz CT molecular complexity index is 3520. The van der Waals surface area contributed by atoms with Gasteiger partial charge in [-0.1, -0.05) is 54.6 Å².